The predicted octanol–water partition coefficient (Wildman–Crippen LogP) is -0.0103. The summed E-state index contributed by atoms with van der Waals surface area (Å²) < 4.78 is 0. The van der Waals surface area contributed by atoms with Gasteiger partial charge in [-0.1, -0.05) is 42.8 Å². The number of unbranched alkanes of at least 4 members (excludes halogenated alkanes) is 2. The molecule has 0 saturated carbocycles. The van der Waals surface area contributed by atoms with E-state index in [0.29, 0.717) is 19.5 Å². The maximum Gasteiger partial charge on any atom is 0.326 e. The van der Waals surface area contributed by atoms with Gasteiger partial charge >= 0.3 is 5.97 Å². The van der Waals surface area contributed by atoms with Crippen molar-refractivity contribution in [3.05, 3.63) is 48.0 Å². The van der Waals surface area contributed by atoms with Crippen LogP contribution >= 0.6 is 0 Å². The normalized spacial score (nSPS) is 13.5. The summed E-state index contributed by atoms with van der Waals surface area (Å²) in [5, 5.41) is 16.5. The number of amides is 4. The number of hydrogen-bond donors (Lipinski definition) is 4. The Kier molecular flexibility index (Phi) is 10.6. The van der Waals surface area contributed by atoms with E-state index in [9.17, 15) is 29.1 Å². The van der Waals surface area contributed by atoms with Gasteiger partial charge in [0.2, 0.25) is 23.6 Å². The van der Waals surface area contributed by atoms with Crippen molar-refractivity contribution in [2.45, 2.75) is 38.1 Å². The number of benzene rings is 1. The van der Waals surface area contributed by atoms with Crippen LogP contribution in [0.2, 0.25) is 0 Å². The maximum atomic E-state index is 12.0. The standard InChI is InChI=1S/C23H30N4O6/c28-19(10-5-2-6-12-27-13-7-11-22(27)31)24-15-20(29)25-16-21(30)26-18(23(32)33)14-17-8-3-1-4-9-17/h1,3-4,7-9,11,18H,2,5-6,10,12-16H2,(H,24,28)(H,25,29)(H,26,30)(H,32,33)/t18-/m0/s1. The molecule has 0 aliphatic carbocycles. The SMILES string of the molecule is O=C(CCCCCN1CC=CC1=O)NCC(=O)NCC(=O)N[C@@H](Cc1ccccc1)C(=O)O. The highest BCUT2D eigenvalue weighted by atomic mass is 16.4. The molecule has 1 aromatic carbocycles. The van der Waals surface area contributed by atoms with Crippen LogP contribution in [0.5, 0.6) is 0 Å². The molecule has 1 aliphatic rings. The molecule has 1 aliphatic heterocycles. The Labute approximate surface area is 192 Å². The minimum atomic E-state index is -1.17. The number of nitrogens with one attached hydrogen (secondary N) is 3. The Hall–Kier alpha value is -3.69. The number of carboxylic acid groups (broad SMARTS) is 1. The van der Waals surface area contributed by atoms with Gasteiger partial charge < -0.3 is 26.0 Å². The third-order valence-electron chi connectivity index (χ3n) is 5.04. The van der Waals surface area contributed by atoms with Crippen molar-refractivity contribution in [1.29, 1.82) is 0 Å². The quantitative estimate of drug-likeness (QED) is 0.289. The first-order chi connectivity index (χ1) is 15.8. The number of rotatable bonds is 14. The molecule has 10 nitrogen and oxygen atoms in total. The maximum absolute atomic E-state index is 12.0. The topological polar surface area (TPSA) is 145 Å². The van der Waals surface area contributed by atoms with E-state index in [-0.39, 0.29) is 31.2 Å². The third kappa shape index (κ3) is 9.98. The van der Waals surface area contributed by atoms with Crippen molar-refractivity contribution < 1.29 is 29.1 Å². The van der Waals surface area contributed by atoms with Crippen LogP contribution in [0.3, 0.4) is 0 Å². The minimum absolute atomic E-state index is 0.0158. The first-order valence-corrected chi connectivity index (χ1v) is 10.9. The van der Waals surface area contributed by atoms with Gasteiger partial charge in [-0.3, -0.25) is 19.2 Å². The van der Waals surface area contributed by atoms with Crippen LogP contribution in [-0.4, -0.2) is 71.8 Å². The van der Waals surface area contributed by atoms with Gasteiger partial charge in [0, 0.05) is 32.0 Å². The first-order valence-electron chi connectivity index (χ1n) is 10.9. The van der Waals surface area contributed by atoms with Crippen LogP contribution in [0.4, 0.5) is 0 Å². The average Bonchev–Trinajstić information content (AvgIpc) is 3.20. The molecule has 0 saturated heterocycles. The third-order valence-corrected chi connectivity index (χ3v) is 5.04. The second-order valence-electron chi connectivity index (χ2n) is 7.70. The van der Waals surface area contributed by atoms with Gasteiger partial charge in [0.05, 0.1) is 13.1 Å². The summed E-state index contributed by atoms with van der Waals surface area (Å²) in [5.41, 5.74) is 0.762. The van der Waals surface area contributed by atoms with E-state index in [0.717, 1.165) is 18.4 Å². The van der Waals surface area contributed by atoms with Crippen LogP contribution in [0.25, 0.3) is 0 Å². The lowest BCUT2D eigenvalue weighted by molar-refractivity contribution is -0.141. The molecule has 33 heavy (non-hydrogen) atoms. The van der Waals surface area contributed by atoms with Crippen LogP contribution in [0.15, 0.2) is 42.5 Å². The molecule has 0 aromatic heterocycles. The minimum Gasteiger partial charge on any atom is -0.480 e. The van der Waals surface area contributed by atoms with Crippen molar-refractivity contribution in [2.75, 3.05) is 26.2 Å². The molecule has 0 radical (unpaired) electrons. The fraction of sp³-hybridized carbons (Fsp3) is 0.435. The number of carbonyl (C=O) groups excluding carboxylic acids is 4. The van der Waals surface area contributed by atoms with Gasteiger partial charge in [0.25, 0.3) is 0 Å². The average molecular weight is 459 g/mol. The largest absolute Gasteiger partial charge is 0.480 e. The summed E-state index contributed by atoms with van der Waals surface area (Å²) in [6, 6.07) is 7.77. The zero-order valence-corrected chi connectivity index (χ0v) is 18.4. The second-order valence-corrected chi connectivity index (χ2v) is 7.70. The lowest BCUT2D eigenvalue weighted by atomic mass is 10.1. The zero-order chi connectivity index (χ0) is 24.1. The van der Waals surface area contributed by atoms with Crippen LogP contribution < -0.4 is 16.0 Å². The Morgan fingerprint density at radius 2 is 1.64 bits per heavy atom. The number of nitrogens with zero attached hydrogens (tertiary/aromatic N) is 1. The van der Waals surface area contributed by atoms with Gasteiger partial charge in [-0.25, -0.2) is 4.79 Å². The van der Waals surface area contributed by atoms with Gasteiger partial charge in [-0.05, 0) is 18.4 Å². The van der Waals surface area contributed by atoms with E-state index in [1.807, 2.05) is 12.1 Å². The van der Waals surface area contributed by atoms with Crippen molar-refractivity contribution in [3.8, 4) is 0 Å². The summed E-state index contributed by atoms with van der Waals surface area (Å²) in [5.74, 6) is -2.61. The Morgan fingerprint density at radius 3 is 2.30 bits per heavy atom. The Bertz CT molecular complexity index is 871. The van der Waals surface area contributed by atoms with Crippen molar-refractivity contribution in [3.63, 3.8) is 0 Å². The van der Waals surface area contributed by atoms with Crippen LogP contribution in [0, 0.1) is 0 Å². The van der Waals surface area contributed by atoms with Crippen molar-refractivity contribution >= 4 is 29.6 Å². The highest BCUT2D eigenvalue weighted by Crippen LogP contribution is 2.06. The molecule has 1 aromatic rings. The number of aliphatic carboxylic acids is 1. The molecule has 4 amide bonds. The number of carboxylic acids is 1. The highest BCUT2D eigenvalue weighted by molar-refractivity contribution is 5.90. The molecule has 0 spiro atoms. The summed E-state index contributed by atoms with van der Waals surface area (Å²) in [4.78, 5) is 60.3. The molecule has 4 N–H and O–H groups in total. The lowest BCUT2D eigenvalue weighted by Crippen LogP contribution is -2.47. The van der Waals surface area contributed by atoms with Gasteiger partial charge in [-0.2, -0.15) is 0 Å². The number of carbonyl (C=O) groups is 5. The lowest BCUT2D eigenvalue weighted by Gasteiger charge is -2.15. The first kappa shape index (κ1) is 25.6. The van der Waals surface area contributed by atoms with Gasteiger partial charge in [-0.15, -0.1) is 0 Å². The van der Waals surface area contributed by atoms with E-state index in [2.05, 4.69) is 16.0 Å². The van der Waals surface area contributed by atoms with Gasteiger partial charge in [0.15, 0.2) is 0 Å². The Balaban J connectivity index is 1.55. The Morgan fingerprint density at radius 1 is 0.939 bits per heavy atom. The fourth-order valence-corrected chi connectivity index (χ4v) is 3.25. The number of hydrogen-bond acceptors (Lipinski definition) is 5. The molecule has 1 heterocycles. The molecular formula is C23H30N4O6. The van der Waals surface area contributed by atoms with E-state index in [1.165, 1.54) is 0 Å². The summed E-state index contributed by atoms with van der Waals surface area (Å²) >= 11 is 0. The monoisotopic (exact) mass is 458 g/mol. The summed E-state index contributed by atoms with van der Waals surface area (Å²) in [6.07, 6.45) is 5.99. The van der Waals surface area contributed by atoms with Crippen molar-refractivity contribution in [1.82, 2.24) is 20.9 Å². The van der Waals surface area contributed by atoms with E-state index < -0.39 is 30.4 Å². The van der Waals surface area contributed by atoms with Crippen LogP contribution in [-0.2, 0) is 30.4 Å². The molecule has 1 atom stereocenters. The van der Waals surface area contributed by atoms with E-state index in [4.69, 9.17) is 0 Å². The molecule has 10 heteroatoms. The van der Waals surface area contributed by atoms with Crippen molar-refractivity contribution in [2.24, 2.45) is 0 Å². The summed E-state index contributed by atoms with van der Waals surface area (Å²) in [7, 11) is 0. The molecular weight excluding hydrogens is 428 g/mol. The molecule has 0 bridgehead atoms. The van der Waals surface area contributed by atoms with E-state index >= 15 is 0 Å². The van der Waals surface area contributed by atoms with E-state index in [1.54, 1.807) is 35.2 Å². The smallest absolute Gasteiger partial charge is 0.326 e. The zero-order valence-electron chi connectivity index (χ0n) is 18.4. The summed E-state index contributed by atoms with van der Waals surface area (Å²) in [6.45, 7) is 0.631. The second kappa shape index (κ2) is 13.7. The molecule has 0 fully saturated rings. The molecule has 0 unspecified atom stereocenters. The van der Waals surface area contributed by atoms with Gasteiger partial charge in [0.1, 0.15) is 6.04 Å². The highest BCUT2D eigenvalue weighted by Gasteiger charge is 2.20. The molecule has 2 rings (SSSR count). The van der Waals surface area contributed by atoms with Crippen LogP contribution in [0.1, 0.15) is 31.2 Å². The predicted molar refractivity (Wildman–Crippen MR) is 120 cm³/mol. The fourth-order valence-electron chi connectivity index (χ4n) is 3.25. The molecule has 178 valence electrons.